The third-order valence-electron chi connectivity index (χ3n) is 4.29. The van der Waals surface area contributed by atoms with Gasteiger partial charge in [0, 0.05) is 38.4 Å². The summed E-state index contributed by atoms with van der Waals surface area (Å²) in [5.41, 5.74) is 0.436. The Bertz CT molecular complexity index is 623. The fourth-order valence-electron chi connectivity index (χ4n) is 3.15. The Labute approximate surface area is 129 Å². The third kappa shape index (κ3) is 3.53. The van der Waals surface area contributed by atoms with Gasteiger partial charge in [0.1, 0.15) is 0 Å². The van der Waals surface area contributed by atoms with Crippen LogP contribution in [0.5, 0.6) is 0 Å². The van der Waals surface area contributed by atoms with Gasteiger partial charge in [-0.1, -0.05) is 5.16 Å². The first kappa shape index (κ1) is 15.2. The average molecular weight is 305 g/mol. The van der Waals surface area contributed by atoms with E-state index in [4.69, 9.17) is 4.52 Å². The molecule has 1 unspecified atom stereocenters. The molecule has 0 aromatic carbocycles. The Morgan fingerprint density at radius 3 is 3.00 bits per heavy atom. The Kier molecular flexibility index (Phi) is 4.26. The molecule has 1 N–H and O–H groups in total. The van der Waals surface area contributed by atoms with Gasteiger partial charge in [-0.2, -0.15) is 10.1 Å². The second-order valence-electron chi connectivity index (χ2n) is 6.21. The van der Waals surface area contributed by atoms with Gasteiger partial charge in [0.05, 0.1) is 12.0 Å². The first-order valence-corrected chi connectivity index (χ1v) is 7.75. The molecular formula is C15H23N5O2. The van der Waals surface area contributed by atoms with E-state index >= 15 is 0 Å². The van der Waals surface area contributed by atoms with Crippen molar-refractivity contribution in [2.24, 2.45) is 7.05 Å². The van der Waals surface area contributed by atoms with Gasteiger partial charge >= 0.3 is 0 Å². The fraction of sp³-hybridized carbons (Fsp3) is 0.667. The standard InChI is InChI=1S/C15H23N5O2/c1-12-17-14(22-18-12)10-15(21)6-3-8-20(11-15)9-5-13-4-7-16-19(13)2/h4,7,21H,3,5-6,8-11H2,1-2H3. The van der Waals surface area contributed by atoms with Crippen molar-refractivity contribution in [3.05, 3.63) is 29.7 Å². The van der Waals surface area contributed by atoms with Gasteiger partial charge in [0.2, 0.25) is 5.89 Å². The van der Waals surface area contributed by atoms with Crippen LogP contribution in [0.4, 0.5) is 0 Å². The maximum absolute atomic E-state index is 10.8. The highest BCUT2D eigenvalue weighted by molar-refractivity contribution is 5.01. The molecule has 2 aromatic heterocycles. The Morgan fingerprint density at radius 2 is 2.32 bits per heavy atom. The number of hydrogen-bond donors (Lipinski definition) is 1. The van der Waals surface area contributed by atoms with E-state index in [9.17, 15) is 5.11 Å². The normalized spacial score (nSPS) is 23.0. The van der Waals surface area contributed by atoms with Gasteiger partial charge in [0.15, 0.2) is 5.82 Å². The SMILES string of the molecule is Cc1noc(CC2(O)CCCN(CCc3ccnn3C)C2)n1. The summed E-state index contributed by atoms with van der Waals surface area (Å²) in [6.45, 7) is 4.37. The van der Waals surface area contributed by atoms with E-state index in [0.29, 0.717) is 24.7 Å². The number of aliphatic hydroxyl groups is 1. The number of likely N-dealkylation sites (tertiary alicyclic amines) is 1. The van der Waals surface area contributed by atoms with Crippen molar-refractivity contribution in [3.8, 4) is 0 Å². The molecule has 1 aliphatic rings. The summed E-state index contributed by atoms with van der Waals surface area (Å²) in [6.07, 6.45) is 4.94. The molecule has 0 radical (unpaired) electrons. The van der Waals surface area contributed by atoms with Crippen LogP contribution in [0.2, 0.25) is 0 Å². The molecule has 7 heteroatoms. The van der Waals surface area contributed by atoms with Crippen LogP contribution >= 0.6 is 0 Å². The van der Waals surface area contributed by atoms with Crippen LogP contribution in [0.25, 0.3) is 0 Å². The summed E-state index contributed by atoms with van der Waals surface area (Å²) in [5.74, 6) is 1.14. The van der Waals surface area contributed by atoms with Crippen LogP contribution in [0, 0.1) is 6.92 Å². The number of piperidine rings is 1. The number of nitrogens with zero attached hydrogens (tertiary/aromatic N) is 5. The van der Waals surface area contributed by atoms with E-state index in [0.717, 1.165) is 32.4 Å². The molecular weight excluding hydrogens is 282 g/mol. The molecule has 0 bridgehead atoms. The molecule has 22 heavy (non-hydrogen) atoms. The van der Waals surface area contributed by atoms with Crippen molar-refractivity contribution in [1.29, 1.82) is 0 Å². The highest BCUT2D eigenvalue weighted by Crippen LogP contribution is 2.25. The minimum atomic E-state index is -0.774. The molecule has 1 atom stereocenters. The number of aromatic nitrogens is 4. The Morgan fingerprint density at radius 1 is 1.45 bits per heavy atom. The summed E-state index contributed by atoms with van der Waals surface area (Å²) < 4.78 is 7.05. The summed E-state index contributed by atoms with van der Waals surface area (Å²) in [4.78, 5) is 6.51. The first-order valence-electron chi connectivity index (χ1n) is 7.75. The van der Waals surface area contributed by atoms with Crippen molar-refractivity contribution in [1.82, 2.24) is 24.8 Å². The predicted molar refractivity (Wildman–Crippen MR) is 80.3 cm³/mol. The fourth-order valence-corrected chi connectivity index (χ4v) is 3.15. The molecule has 1 fully saturated rings. The van der Waals surface area contributed by atoms with Crippen LogP contribution in [-0.4, -0.2) is 55.2 Å². The lowest BCUT2D eigenvalue weighted by atomic mass is 9.89. The lowest BCUT2D eigenvalue weighted by molar-refractivity contribution is -0.0346. The highest BCUT2D eigenvalue weighted by atomic mass is 16.5. The van der Waals surface area contributed by atoms with E-state index in [1.165, 1.54) is 5.69 Å². The number of aryl methyl sites for hydroxylation is 2. The van der Waals surface area contributed by atoms with Gasteiger partial charge < -0.3 is 14.5 Å². The van der Waals surface area contributed by atoms with E-state index in [2.05, 4.69) is 20.1 Å². The smallest absolute Gasteiger partial charge is 0.229 e. The van der Waals surface area contributed by atoms with Crippen molar-refractivity contribution in [2.75, 3.05) is 19.6 Å². The third-order valence-corrected chi connectivity index (χ3v) is 4.29. The minimum Gasteiger partial charge on any atom is -0.388 e. The molecule has 1 saturated heterocycles. The largest absolute Gasteiger partial charge is 0.388 e. The van der Waals surface area contributed by atoms with Crippen LogP contribution in [0.1, 0.15) is 30.3 Å². The maximum Gasteiger partial charge on any atom is 0.229 e. The maximum atomic E-state index is 10.8. The Hall–Kier alpha value is -1.73. The van der Waals surface area contributed by atoms with E-state index in [-0.39, 0.29) is 0 Å². The summed E-state index contributed by atoms with van der Waals surface area (Å²) >= 11 is 0. The van der Waals surface area contributed by atoms with Gasteiger partial charge in [-0.15, -0.1) is 0 Å². The molecule has 0 amide bonds. The zero-order valence-electron chi connectivity index (χ0n) is 13.2. The molecule has 120 valence electrons. The van der Waals surface area contributed by atoms with E-state index in [1.54, 1.807) is 6.92 Å². The van der Waals surface area contributed by atoms with Crippen LogP contribution in [-0.2, 0) is 19.9 Å². The quantitative estimate of drug-likeness (QED) is 0.877. The summed E-state index contributed by atoms with van der Waals surface area (Å²) in [6, 6.07) is 2.04. The van der Waals surface area contributed by atoms with E-state index < -0.39 is 5.60 Å². The van der Waals surface area contributed by atoms with Crippen molar-refractivity contribution < 1.29 is 9.63 Å². The van der Waals surface area contributed by atoms with Crippen molar-refractivity contribution >= 4 is 0 Å². The lowest BCUT2D eigenvalue weighted by Gasteiger charge is -2.38. The lowest BCUT2D eigenvalue weighted by Crippen LogP contribution is -2.50. The molecule has 2 aromatic rings. The van der Waals surface area contributed by atoms with Gasteiger partial charge in [-0.3, -0.25) is 4.68 Å². The second-order valence-corrected chi connectivity index (χ2v) is 6.21. The zero-order chi connectivity index (χ0) is 15.6. The molecule has 3 rings (SSSR count). The molecule has 3 heterocycles. The Balaban J connectivity index is 1.57. The topological polar surface area (TPSA) is 80.2 Å². The van der Waals surface area contributed by atoms with E-state index in [1.807, 2.05) is 24.0 Å². The monoisotopic (exact) mass is 305 g/mol. The average Bonchev–Trinajstić information content (AvgIpc) is 3.05. The molecule has 1 aliphatic heterocycles. The first-order chi connectivity index (χ1) is 10.5. The van der Waals surface area contributed by atoms with Crippen molar-refractivity contribution in [2.45, 2.75) is 38.2 Å². The van der Waals surface area contributed by atoms with Gasteiger partial charge in [0.25, 0.3) is 0 Å². The minimum absolute atomic E-state index is 0.427. The zero-order valence-corrected chi connectivity index (χ0v) is 13.2. The number of β-amino-alcohol motifs (C(OH)–C–C–N with tert-alkyl or cyclic N) is 1. The predicted octanol–water partition coefficient (Wildman–Crippen LogP) is 0.724. The summed E-state index contributed by atoms with van der Waals surface area (Å²) in [5, 5.41) is 18.8. The summed E-state index contributed by atoms with van der Waals surface area (Å²) in [7, 11) is 1.96. The van der Waals surface area contributed by atoms with Gasteiger partial charge in [-0.25, -0.2) is 0 Å². The number of hydrogen-bond acceptors (Lipinski definition) is 6. The van der Waals surface area contributed by atoms with Crippen molar-refractivity contribution in [3.63, 3.8) is 0 Å². The van der Waals surface area contributed by atoms with Crippen LogP contribution in [0.15, 0.2) is 16.8 Å². The van der Waals surface area contributed by atoms with Crippen LogP contribution in [0.3, 0.4) is 0 Å². The van der Waals surface area contributed by atoms with Crippen LogP contribution < -0.4 is 0 Å². The van der Waals surface area contributed by atoms with Gasteiger partial charge in [-0.05, 0) is 32.4 Å². The molecule has 7 nitrogen and oxygen atoms in total. The molecule has 0 spiro atoms. The second kappa shape index (κ2) is 6.18. The highest BCUT2D eigenvalue weighted by Gasteiger charge is 2.35. The molecule has 0 saturated carbocycles. The number of rotatable bonds is 5. The molecule has 0 aliphatic carbocycles.